The fourth-order valence-corrected chi connectivity index (χ4v) is 5.00. The van der Waals surface area contributed by atoms with Gasteiger partial charge in [0, 0.05) is 48.3 Å². The number of hydrogen-bond donors (Lipinski definition) is 1. The summed E-state index contributed by atoms with van der Waals surface area (Å²) in [6.45, 7) is 7.17. The summed E-state index contributed by atoms with van der Waals surface area (Å²) in [7, 11) is 0. The topological polar surface area (TPSA) is 92.5 Å². The largest absolute Gasteiger partial charge is 0.352 e. The zero-order valence-corrected chi connectivity index (χ0v) is 20.2. The molecule has 8 nitrogen and oxygen atoms in total. The Hall–Kier alpha value is -2.94. The number of fused-ring (bicyclic) bond motifs is 1. The van der Waals surface area contributed by atoms with Crippen LogP contribution in [0.5, 0.6) is 0 Å². The zero-order valence-electron chi connectivity index (χ0n) is 19.4. The van der Waals surface area contributed by atoms with Crippen molar-refractivity contribution < 1.29 is 9.59 Å². The Balaban J connectivity index is 1.45. The van der Waals surface area contributed by atoms with E-state index in [0.29, 0.717) is 41.8 Å². The standard InChI is InChI=1S/C24H30N6O2S/c1-4-8-21(31)26-19-10-7-12-29(14-19)22(32)20-11-6-5-9-18(20)15-33-24-27-23-25-16(2)13-17(3)30(23)28-24/h5-6,9,11,13,19H,4,7-8,10,12,14-15H2,1-3H3,(H,26,31). The van der Waals surface area contributed by atoms with Gasteiger partial charge in [0.05, 0.1) is 0 Å². The number of aryl methyl sites for hydroxylation is 2. The number of benzene rings is 1. The van der Waals surface area contributed by atoms with Crippen molar-refractivity contribution in [1.29, 1.82) is 0 Å². The van der Waals surface area contributed by atoms with Crippen molar-refractivity contribution in [3.63, 3.8) is 0 Å². The van der Waals surface area contributed by atoms with Crippen molar-refractivity contribution >= 4 is 29.4 Å². The van der Waals surface area contributed by atoms with Gasteiger partial charge in [-0.3, -0.25) is 9.59 Å². The lowest BCUT2D eigenvalue weighted by atomic mass is 10.0. The van der Waals surface area contributed by atoms with Crippen molar-refractivity contribution in [2.45, 2.75) is 63.4 Å². The quantitative estimate of drug-likeness (QED) is 0.536. The maximum Gasteiger partial charge on any atom is 0.254 e. The number of nitrogens with one attached hydrogen (secondary N) is 1. The average Bonchev–Trinajstić information content (AvgIpc) is 3.21. The molecule has 0 saturated carbocycles. The summed E-state index contributed by atoms with van der Waals surface area (Å²) in [5, 5.41) is 8.27. The van der Waals surface area contributed by atoms with Gasteiger partial charge in [0.15, 0.2) is 0 Å². The number of rotatable bonds is 7. The molecule has 1 aromatic carbocycles. The lowest BCUT2D eigenvalue weighted by molar-refractivity contribution is -0.122. The van der Waals surface area contributed by atoms with E-state index in [2.05, 4.69) is 20.4 Å². The minimum Gasteiger partial charge on any atom is -0.352 e. The number of likely N-dealkylation sites (tertiary alicyclic amines) is 1. The second-order valence-electron chi connectivity index (χ2n) is 8.50. The monoisotopic (exact) mass is 466 g/mol. The lowest BCUT2D eigenvalue weighted by Crippen LogP contribution is -2.49. The first-order valence-electron chi connectivity index (χ1n) is 11.4. The van der Waals surface area contributed by atoms with Gasteiger partial charge in [0.25, 0.3) is 11.7 Å². The van der Waals surface area contributed by atoms with E-state index in [-0.39, 0.29) is 17.9 Å². The Kier molecular flexibility index (Phi) is 7.27. The molecule has 0 radical (unpaired) electrons. The van der Waals surface area contributed by atoms with Gasteiger partial charge in [-0.2, -0.15) is 4.98 Å². The van der Waals surface area contributed by atoms with E-state index in [1.54, 1.807) is 4.52 Å². The maximum atomic E-state index is 13.4. The molecule has 1 N–H and O–H groups in total. The first kappa shape index (κ1) is 23.2. The van der Waals surface area contributed by atoms with Crippen LogP contribution in [-0.2, 0) is 10.5 Å². The number of carbonyl (C=O) groups is 2. The zero-order chi connectivity index (χ0) is 23.4. The van der Waals surface area contributed by atoms with Crippen LogP contribution >= 0.6 is 11.8 Å². The van der Waals surface area contributed by atoms with Crippen molar-refractivity contribution in [2.75, 3.05) is 13.1 Å². The third-order valence-electron chi connectivity index (χ3n) is 5.75. The molecule has 1 aliphatic rings. The summed E-state index contributed by atoms with van der Waals surface area (Å²) >= 11 is 1.50. The van der Waals surface area contributed by atoms with Crippen molar-refractivity contribution in [2.24, 2.45) is 0 Å². The van der Waals surface area contributed by atoms with Crippen LogP contribution in [0.4, 0.5) is 0 Å². The Bertz CT molecular complexity index is 1160. The van der Waals surface area contributed by atoms with Crippen LogP contribution in [0, 0.1) is 13.8 Å². The van der Waals surface area contributed by atoms with Gasteiger partial charge in [-0.15, -0.1) is 5.10 Å². The van der Waals surface area contributed by atoms with E-state index >= 15 is 0 Å². The minimum atomic E-state index is 0.0109. The average molecular weight is 467 g/mol. The number of hydrogen-bond acceptors (Lipinski definition) is 6. The summed E-state index contributed by atoms with van der Waals surface area (Å²) in [5.74, 6) is 1.25. The Morgan fingerprint density at radius 3 is 2.85 bits per heavy atom. The number of amides is 2. The van der Waals surface area contributed by atoms with Crippen LogP contribution < -0.4 is 5.32 Å². The molecule has 1 unspecified atom stereocenters. The highest BCUT2D eigenvalue weighted by Crippen LogP contribution is 2.24. The number of carbonyl (C=O) groups excluding carboxylic acids is 2. The third-order valence-corrected chi connectivity index (χ3v) is 6.64. The molecule has 3 aromatic rings. The molecular formula is C24H30N6O2S. The van der Waals surface area contributed by atoms with Crippen LogP contribution in [0.2, 0.25) is 0 Å². The smallest absolute Gasteiger partial charge is 0.254 e. The second-order valence-corrected chi connectivity index (χ2v) is 9.44. The van der Waals surface area contributed by atoms with Crippen molar-refractivity contribution in [3.8, 4) is 0 Å². The number of aromatic nitrogens is 4. The molecule has 2 aromatic heterocycles. The van der Waals surface area contributed by atoms with Crippen molar-refractivity contribution in [3.05, 3.63) is 52.8 Å². The molecule has 3 heterocycles. The summed E-state index contributed by atoms with van der Waals surface area (Å²) in [5.41, 5.74) is 3.53. The molecule has 1 fully saturated rings. The summed E-state index contributed by atoms with van der Waals surface area (Å²) in [6.07, 6.45) is 3.14. The maximum absolute atomic E-state index is 13.4. The van der Waals surface area contributed by atoms with E-state index in [1.807, 2.05) is 56.0 Å². The van der Waals surface area contributed by atoms with E-state index in [9.17, 15) is 9.59 Å². The molecule has 1 saturated heterocycles. The highest BCUT2D eigenvalue weighted by molar-refractivity contribution is 7.98. The van der Waals surface area contributed by atoms with E-state index in [1.165, 1.54) is 11.8 Å². The predicted molar refractivity (Wildman–Crippen MR) is 128 cm³/mol. The predicted octanol–water partition coefficient (Wildman–Crippen LogP) is 3.55. The highest BCUT2D eigenvalue weighted by Gasteiger charge is 2.26. The van der Waals surface area contributed by atoms with Gasteiger partial charge in [0.2, 0.25) is 11.1 Å². The molecule has 1 aliphatic heterocycles. The van der Waals surface area contributed by atoms with Crippen LogP contribution in [0.3, 0.4) is 0 Å². The molecule has 0 spiro atoms. The molecule has 174 valence electrons. The Labute approximate surface area is 198 Å². The first-order chi connectivity index (χ1) is 15.9. The van der Waals surface area contributed by atoms with E-state index in [4.69, 9.17) is 0 Å². The van der Waals surface area contributed by atoms with Gasteiger partial charge in [-0.1, -0.05) is 36.9 Å². The fraction of sp³-hybridized carbons (Fsp3) is 0.458. The molecule has 0 aliphatic carbocycles. The second kappa shape index (κ2) is 10.3. The van der Waals surface area contributed by atoms with Crippen LogP contribution in [0.25, 0.3) is 5.78 Å². The Morgan fingerprint density at radius 2 is 2.03 bits per heavy atom. The summed E-state index contributed by atoms with van der Waals surface area (Å²) in [6, 6.07) is 9.69. The molecule has 2 amide bonds. The van der Waals surface area contributed by atoms with E-state index in [0.717, 1.165) is 36.2 Å². The SMILES string of the molecule is CCCC(=O)NC1CCCN(C(=O)c2ccccc2CSc2nc3nc(C)cc(C)n3n2)C1. The first-order valence-corrected chi connectivity index (χ1v) is 12.4. The number of thioether (sulfide) groups is 1. The molecule has 9 heteroatoms. The van der Waals surface area contributed by atoms with Crippen molar-refractivity contribution in [1.82, 2.24) is 29.8 Å². The van der Waals surface area contributed by atoms with Gasteiger partial charge in [0.1, 0.15) is 0 Å². The summed E-state index contributed by atoms with van der Waals surface area (Å²) < 4.78 is 1.74. The van der Waals surface area contributed by atoms with Gasteiger partial charge in [-0.25, -0.2) is 9.50 Å². The normalized spacial score (nSPS) is 16.2. The molecular weight excluding hydrogens is 436 g/mol. The minimum absolute atomic E-state index is 0.0109. The van der Waals surface area contributed by atoms with Crippen LogP contribution in [0.15, 0.2) is 35.5 Å². The lowest BCUT2D eigenvalue weighted by Gasteiger charge is -2.33. The summed E-state index contributed by atoms with van der Waals surface area (Å²) in [4.78, 5) is 36.2. The molecule has 0 bridgehead atoms. The Morgan fingerprint density at radius 1 is 1.21 bits per heavy atom. The third kappa shape index (κ3) is 5.52. The fourth-order valence-electron chi connectivity index (χ4n) is 4.18. The number of piperidine rings is 1. The highest BCUT2D eigenvalue weighted by atomic mass is 32.2. The van der Waals surface area contributed by atoms with Gasteiger partial charge in [-0.05, 0) is 50.8 Å². The van der Waals surface area contributed by atoms with Gasteiger partial charge >= 0.3 is 0 Å². The number of nitrogens with zero attached hydrogens (tertiary/aromatic N) is 5. The molecule has 33 heavy (non-hydrogen) atoms. The van der Waals surface area contributed by atoms with Crippen LogP contribution in [0.1, 0.15) is 59.9 Å². The molecule has 4 rings (SSSR count). The van der Waals surface area contributed by atoms with Crippen LogP contribution in [-0.4, -0.2) is 55.4 Å². The molecule has 1 atom stereocenters. The van der Waals surface area contributed by atoms with Gasteiger partial charge < -0.3 is 10.2 Å². The van der Waals surface area contributed by atoms with E-state index < -0.39 is 0 Å².